The van der Waals surface area contributed by atoms with Crippen LogP contribution in [0, 0.1) is 0 Å². The number of hydrogen-bond donors (Lipinski definition) is 1. The van der Waals surface area contributed by atoms with Crippen molar-refractivity contribution in [2.45, 2.75) is 25.5 Å². The maximum Gasteiger partial charge on any atom is 0.236 e. The second-order valence-corrected chi connectivity index (χ2v) is 6.27. The van der Waals surface area contributed by atoms with Crippen LogP contribution in [-0.4, -0.2) is 53.1 Å². The van der Waals surface area contributed by atoms with Crippen molar-refractivity contribution in [2.75, 3.05) is 26.7 Å². The van der Waals surface area contributed by atoms with E-state index in [-0.39, 0.29) is 5.91 Å². The van der Waals surface area contributed by atoms with E-state index in [9.17, 15) is 9.90 Å². The van der Waals surface area contributed by atoms with E-state index in [2.05, 4.69) is 0 Å². The topological polar surface area (TPSA) is 43.8 Å². The molecule has 110 valence electrons. The van der Waals surface area contributed by atoms with Crippen LogP contribution in [0.15, 0.2) is 24.3 Å². The first-order chi connectivity index (χ1) is 9.35. The lowest BCUT2D eigenvalue weighted by Crippen LogP contribution is -2.38. The monoisotopic (exact) mass is 296 g/mol. The molecule has 0 aromatic heterocycles. The number of aliphatic hydroxyl groups is 1. The molecule has 0 radical (unpaired) electrons. The van der Waals surface area contributed by atoms with E-state index in [0.717, 1.165) is 18.5 Å². The highest BCUT2D eigenvalue weighted by molar-refractivity contribution is 6.30. The maximum atomic E-state index is 12.2. The smallest absolute Gasteiger partial charge is 0.236 e. The van der Waals surface area contributed by atoms with Gasteiger partial charge in [-0.1, -0.05) is 23.7 Å². The molecule has 1 heterocycles. The fraction of sp³-hybridized carbons (Fsp3) is 0.533. The zero-order valence-corrected chi connectivity index (χ0v) is 12.7. The van der Waals surface area contributed by atoms with Crippen LogP contribution in [0.4, 0.5) is 0 Å². The summed E-state index contributed by atoms with van der Waals surface area (Å²) in [6.07, 6.45) is 0.721. The molecule has 1 aromatic rings. The lowest BCUT2D eigenvalue weighted by molar-refractivity contribution is -0.131. The molecule has 1 fully saturated rings. The second kappa shape index (κ2) is 6.12. The number of hydrogen-bond acceptors (Lipinski definition) is 3. The Hall–Kier alpha value is -1.10. The number of β-amino-alcohol motifs (C(OH)–C–C–N with tert-alkyl or cyclic N) is 1. The Morgan fingerprint density at radius 3 is 2.90 bits per heavy atom. The molecular weight excluding hydrogens is 276 g/mol. The largest absolute Gasteiger partial charge is 0.389 e. The number of benzene rings is 1. The quantitative estimate of drug-likeness (QED) is 0.921. The molecule has 1 aliphatic heterocycles. The van der Waals surface area contributed by atoms with Crippen molar-refractivity contribution in [1.29, 1.82) is 0 Å². The Balaban J connectivity index is 1.86. The average Bonchev–Trinajstić information content (AvgIpc) is 2.68. The Labute approximate surface area is 124 Å². The molecule has 0 saturated carbocycles. The summed E-state index contributed by atoms with van der Waals surface area (Å²) in [6.45, 7) is 4.04. The number of amides is 1. The van der Waals surface area contributed by atoms with Crippen LogP contribution >= 0.6 is 11.6 Å². The molecule has 2 rings (SSSR count). The average molecular weight is 297 g/mol. The third-order valence-electron chi connectivity index (χ3n) is 3.62. The van der Waals surface area contributed by atoms with Crippen LogP contribution in [0.3, 0.4) is 0 Å². The molecule has 1 aromatic carbocycles. The summed E-state index contributed by atoms with van der Waals surface area (Å²) >= 11 is 5.94. The van der Waals surface area contributed by atoms with E-state index in [4.69, 9.17) is 11.6 Å². The fourth-order valence-electron chi connectivity index (χ4n) is 2.48. The number of likely N-dealkylation sites (N-methyl/N-ethyl adjacent to an activating group) is 1. The van der Waals surface area contributed by atoms with Crippen LogP contribution in [0.25, 0.3) is 0 Å². The van der Waals surface area contributed by atoms with Crippen LogP contribution in [0.5, 0.6) is 0 Å². The Morgan fingerprint density at radius 1 is 1.55 bits per heavy atom. The maximum absolute atomic E-state index is 12.2. The van der Waals surface area contributed by atoms with Crippen LogP contribution in [-0.2, 0) is 11.3 Å². The summed E-state index contributed by atoms with van der Waals surface area (Å²) in [7, 11) is 1.79. The molecule has 1 aliphatic rings. The van der Waals surface area contributed by atoms with Crippen molar-refractivity contribution in [3.05, 3.63) is 34.9 Å². The van der Waals surface area contributed by atoms with Gasteiger partial charge in [0.25, 0.3) is 0 Å². The van der Waals surface area contributed by atoms with Crippen molar-refractivity contribution in [3.63, 3.8) is 0 Å². The van der Waals surface area contributed by atoms with Gasteiger partial charge in [0.05, 0.1) is 12.1 Å². The number of carbonyl (C=O) groups excluding carboxylic acids is 1. The molecule has 1 N–H and O–H groups in total. The van der Waals surface area contributed by atoms with Gasteiger partial charge in [0, 0.05) is 31.7 Å². The number of halogens is 1. The molecule has 1 saturated heterocycles. The normalized spacial score (nSPS) is 23.0. The van der Waals surface area contributed by atoms with Crippen molar-refractivity contribution in [1.82, 2.24) is 9.80 Å². The first-order valence-electron chi connectivity index (χ1n) is 6.79. The van der Waals surface area contributed by atoms with Crippen LogP contribution in [0.2, 0.25) is 5.02 Å². The number of carbonyl (C=O) groups is 1. The standard InChI is InChI=1S/C15H21ClN2O2/c1-15(20)6-7-18(11-15)10-14(19)17(2)9-12-4-3-5-13(16)8-12/h3-5,8,20H,6-7,9-11H2,1-2H3. The van der Waals surface area contributed by atoms with E-state index >= 15 is 0 Å². The van der Waals surface area contributed by atoms with E-state index < -0.39 is 5.60 Å². The Kier molecular flexibility index (Phi) is 4.68. The summed E-state index contributed by atoms with van der Waals surface area (Å²) in [4.78, 5) is 15.9. The zero-order valence-electron chi connectivity index (χ0n) is 12.0. The predicted octanol–water partition coefficient (Wildman–Crippen LogP) is 1.76. The Morgan fingerprint density at radius 2 is 2.30 bits per heavy atom. The molecule has 20 heavy (non-hydrogen) atoms. The van der Waals surface area contributed by atoms with Gasteiger partial charge < -0.3 is 10.0 Å². The van der Waals surface area contributed by atoms with Gasteiger partial charge in [-0.3, -0.25) is 9.69 Å². The first-order valence-corrected chi connectivity index (χ1v) is 7.17. The van der Waals surface area contributed by atoms with Gasteiger partial charge >= 0.3 is 0 Å². The van der Waals surface area contributed by atoms with Crippen molar-refractivity contribution in [2.24, 2.45) is 0 Å². The highest BCUT2D eigenvalue weighted by Gasteiger charge is 2.32. The highest BCUT2D eigenvalue weighted by Crippen LogP contribution is 2.20. The fourth-order valence-corrected chi connectivity index (χ4v) is 2.70. The lowest BCUT2D eigenvalue weighted by Gasteiger charge is -2.22. The summed E-state index contributed by atoms with van der Waals surface area (Å²) in [5, 5.41) is 10.6. The molecule has 5 heteroatoms. The van der Waals surface area contributed by atoms with Gasteiger partial charge in [-0.15, -0.1) is 0 Å². The number of nitrogens with zero attached hydrogens (tertiary/aromatic N) is 2. The van der Waals surface area contributed by atoms with E-state index in [1.807, 2.05) is 36.1 Å². The zero-order chi connectivity index (χ0) is 14.8. The summed E-state index contributed by atoms with van der Waals surface area (Å²) in [5.74, 6) is 0.0580. The van der Waals surface area contributed by atoms with Gasteiger partial charge in [0.2, 0.25) is 5.91 Å². The lowest BCUT2D eigenvalue weighted by atomic mass is 10.1. The third-order valence-corrected chi connectivity index (χ3v) is 3.86. The summed E-state index contributed by atoms with van der Waals surface area (Å²) < 4.78 is 0. The molecular formula is C15H21ClN2O2. The van der Waals surface area contributed by atoms with Gasteiger partial charge in [0.15, 0.2) is 0 Å². The minimum Gasteiger partial charge on any atom is -0.389 e. The molecule has 0 bridgehead atoms. The van der Waals surface area contributed by atoms with Gasteiger partial charge in [-0.2, -0.15) is 0 Å². The SMILES string of the molecule is CN(Cc1cccc(Cl)c1)C(=O)CN1CCC(C)(O)C1. The third kappa shape index (κ3) is 4.20. The van der Waals surface area contributed by atoms with E-state index in [0.29, 0.717) is 24.7 Å². The molecule has 4 nitrogen and oxygen atoms in total. The molecule has 1 unspecified atom stereocenters. The number of likely N-dealkylation sites (tertiary alicyclic amines) is 1. The van der Waals surface area contributed by atoms with Gasteiger partial charge in [0.1, 0.15) is 0 Å². The minimum atomic E-state index is -0.661. The van der Waals surface area contributed by atoms with Gasteiger partial charge in [-0.25, -0.2) is 0 Å². The van der Waals surface area contributed by atoms with E-state index in [1.54, 1.807) is 11.9 Å². The highest BCUT2D eigenvalue weighted by atomic mass is 35.5. The van der Waals surface area contributed by atoms with Crippen molar-refractivity contribution < 1.29 is 9.90 Å². The summed E-state index contributed by atoms with van der Waals surface area (Å²) in [6, 6.07) is 7.52. The van der Waals surface area contributed by atoms with Crippen LogP contribution in [0.1, 0.15) is 18.9 Å². The molecule has 1 atom stereocenters. The summed E-state index contributed by atoms with van der Waals surface area (Å²) in [5.41, 5.74) is 0.355. The van der Waals surface area contributed by atoms with Gasteiger partial charge in [-0.05, 0) is 31.0 Å². The molecule has 1 amide bonds. The Bertz CT molecular complexity index is 491. The molecule has 0 spiro atoms. The van der Waals surface area contributed by atoms with Crippen LogP contribution < -0.4 is 0 Å². The predicted molar refractivity (Wildman–Crippen MR) is 79.6 cm³/mol. The molecule has 0 aliphatic carbocycles. The number of rotatable bonds is 4. The minimum absolute atomic E-state index is 0.0580. The van der Waals surface area contributed by atoms with Crippen molar-refractivity contribution in [3.8, 4) is 0 Å². The van der Waals surface area contributed by atoms with Crippen molar-refractivity contribution >= 4 is 17.5 Å². The first kappa shape index (κ1) is 15.3. The second-order valence-electron chi connectivity index (χ2n) is 5.84. The van der Waals surface area contributed by atoms with E-state index in [1.165, 1.54) is 0 Å².